The van der Waals surface area contributed by atoms with Gasteiger partial charge in [0.2, 0.25) is 0 Å². The normalized spacial score (nSPS) is 10.8. The van der Waals surface area contributed by atoms with Crippen molar-refractivity contribution in [2.24, 2.45) is 0 Å². The predicted octanol–water partition coefficient (Wildman–Crippen LogP) is 6.39. The number of pyridine rings is 1. The average Bonchev–Trinajstić information content (AvgIpc) is 3.10. The minimum Gasteiger partial charge on any atom is -0.332 e. The Morgan fingerprint density at radius 2 is 1.81 bits per heavy atom. The minimum atomic E-state index is 0.822. The minimum absolute atomic E-state index is 0.822. The summed E-state index contributed by atoms with van der Waals surface area (Å²) in [6.45, 7) is 2.26. The molecule has 2 heterocycles. The summed E-state index contributed by atoms with van der Waals surface area (Å²) >= 11 is 1.65. The van der Waals surface area contributed by atoms with E-state index in [1.54, 1.807) is 17.5 Å². The maximum absolute atomic E-state index is 4.68. The molecule has 136 valence electrons. The van der Waals surface area contributed by atoms with Gasteiger partial charge in [0, 0.05) is 29.9 Å². The molecule has 0 atom stereocenters. The Balaban J connectivity index is 1.48. The predicted molar refractivity (Wildman–Crippen MR) is 111 cm³/mol. The molecule has 0 aliphatic heterocycles. The molecule has 3 rings (SSSR count). The van der Waals surface area contributed by atoms with E-state index in [-0.39, 0.29) is 0 Å². The molecule has 0 aliphatic carbocycles. The highest BCUT2D eigenvalue weighted by Gasteiger charge is 2.04. The molecule has 3 aromatic rings. The van der Waals surface area contributed by atoms with Gasteiger partial charge in [-0.15, -0.1) is 11.3 Å². The summed E-state index contributed by atoms with van der Waals surface area (Å²) in [5, 5.41) is 6.47. The van der Waals surface area contributed by atoms with Crippen molar-refractivity contribution >= 4 is 22.2 Å². The van der Waals surface area contributed by atoms with Crippen LogP contribution < -0.4 is 5.32 Å². The third-order valence-electron chi connectivity index (χ3n) is 4.43. The zero-order valence-electron chi connectivity index (χ0n) is 15.4. The van der Waals surface area contributed by atoms with Gasteiger partial charge in [-0.05, 0) is 42.2 Å². The number of rotatable bonds is 10. The molecule has 0 radical (unpaired) electrons. The van der Waals surface area contributed by atoms with Crippen LogP contribution in [0.3, 0.4) is 0 Å². The molecule has 0 saturated heterocycles. The Hall–Kier alpha value is -2.20. The second kappa shape index (κ2) is 10.1. The second-order valence-electron chi connectivity index (χ2n) is 6.67. The van der Waals surface area contributed by atoms with Crippen LogP contribution in [-0.2, 0) is 12.8 Å². The van der Waals surface area contributed by atoms with E-state index in [1.165, 1.54) is 49.7 Å². The first-order chi connectivity index (χ1) is 12.8. The zero-order valence-corrected chi connectivity index (χ0v) is 16.3. The first-order valence-corrected chi connectivity index (χ1v) is 10.4. The monoisotopic (exact) mass is 365 g/mol. The highest BCUT2D eigenvalue weighted by atomic mass is 32.1. The number of aromatic nitrogens is 2. The van der Waals surface area contributed by atoms with Gasteiger partial charge < -0.3 is 5.32 Å². The molecule has 0 fully saturated rings. The van der Waals surface area contributed by atoms with Crippen molar-refractivity contribution in [2.45, 2.75) is 51.9 Å². The molecular weight excluding hydrogens is 338 g/mol. The second-order valence-corrected chi connectivity index (χ2v) is 7.53. The maximum Gasteiger partial charge on any atom is 0.187 e. The molecule has 2 aromatic heterocycles. The lowest BCUT2D eigenvalue weighted by Gasteiger charge is -2.05. The zero-order chi connectivity index (χ0) is 18.0. The highest BCUT2D eigenvalue weighted by molar-refractivity contribution is 7.13. The Morgan fingerprint density at radius 1 is 0.962 bits per heavy atom. The molecule has 0 spiro atoms. The van der Waals surface area contributed by atoms with E-state index in [9.17, 15) is 0 Å². The van der Waals surface area contributed by atoms with Gasteiger partial charge in [0.05, 0.1) is 5.69 Å². The fraction of sp³-hybridized carbons (Fsp3) is 0.364. The third-order valence-corrected chi connectivity index (χ3v) is 5.24. The number of hydrogen-bond acceptors (Lipinski definition) is 4. The number of thiazole rings is 1. The molecule has 3 nitrogen and oxygen atoms in total. The topological polar surface area (TPSA) is 37.8 Å². The number of nitrogens with zero attached hydrogens (tertiary/aromatic N) is 2. The largest absolute Gasteiger partial charge is 0.332 e. The standard InChI is InChI=1S/C22H27N3S/c1-2-3-4-5-6-8-18-10-12-20(13-11-18)24-22-25-21(17-26-22)15-19-9-7-14-23-16-19/h7,9-14,16-17H,2-6,8,15H2,1H3,(H,24,25). The average molecular weight is 366 g/mol. The van der Waals surface area contributed by atoms with Crippen LogP contribution in [0.4, 0.5) is 10.8 Å². The molecule has 4 heteroatoms. The fourth-order valence-corrected chi connectivity index (χ4v) is 3.70. The van der Waals surface area contributed by atoms with Crippen molar-refractivity contribution in [3.63, 3.8) is 0 Å². The van der Waals surface area contributed by atoms with Crippen molar-refractivity contribution in [1.82, 2.24) is 9.97 Å². The van der Waals surface area contributed by atoms with Crippen LogP contribution in [0.15, 0.2) is 54.2 Å². The van der Waals surface area contributed by atoms with Crippen LogP contribution in [0.1, 0.15) is 55.8 Å². The number of aryl methyl sites for hydroxylation is 1. The molecule has 0 bridgehead atoms. The highest BCUT2D eigenvalue weighted by Crippen LogP contribution is 2.23. The summed E-state index contributed by atoms with van der Waals surface area (Å²) in [6, 6.07) is 12.8. The van der Waals surface area contributed by atoms with Crippen LogP contribution in [0.5, 0.6) is 0 Å². The van der Waals surface area contributed by atoms with Gasteiger partial charge in [-0.2, -0.15) is 0 Å². The first-order valence-electron chi connectivity index (χ1n) is 9.53. The van der Waals surface area contributed by atoms with Gasteiger partial charge in [-0.1, -0.05) is 50.8 Å². The number of benzene rings is 1. The van der Waals surface area contributed by atoms with Gasteiger partial charge in [0.15, 0.2) is 5.13 Å². The van der Waals surface area contributed by atoms with Gasteiger partial charge in [0.1, 0.15) is 0 Å². The Bertz CT molecular complexity index is 766. The van der Waals surface area contributed by atoms with Crippen LogP contribution in [0.2, 0.25) is 0 Å². The molecule has 0 unspecified atom stereocenters. The lowest BCUT2D eigenvalue weighted by Crippen LogP contribution is -1.93. The molecule has 26 heavy (non-hydrogen) atoms. The summed E-state index contributed by atoms with van der Waals surface area (Å²) < 4.78 is 0. The van der Waals surface area contributed by atoms with E-state index < -0.39 is 0 Å². The lowest BCUT2D eigenvalue weighted by molar-refractivity contribution is 0.632. The van der Waals surface area contributed by atoms with Crippen LogP contribution in [-0.4, -0.2) is 9.97 Å². The van der Waals surface area contributed by atoms with Gasteiger partial charge in [0.25, 0.3) is 0 Å². The first kappa shape index (κ1) is 18.6. The summed E-state index contributed by atoms with van der Waals surface area (Å²) in [4.78, 5) is 8.84. The van der Waals surface area contributed by atoms with Crippen molar-refractivity contribution in [3.8, 4) is 0 Å². The molecule has 0 aliphatic rings. The number of unbranched alkanes of at least 4 members (excludes halogenated alkanes) is 4. The van der Waals surface area contributed by atoms with E-state index >= 15 is 0 Å². The van der Waals surface area contributed by atoms with Crippen molar-refractivity contribution < 1.29 is 0 Å². The summed E-state index contributed by atoms with van der Waals surface area (Å²) in [6.07, 6.45) is 12.4. The SMILES string of the molecule is CCCCCCCc1ccc(Nc2nc(Cc3cccnc3)cs2)cc1. The van der Waals surface area contributed by atoms with Gasteiger partial charge in [-0.25, -0.2) is 4.98 Å². The molecule has 0 saturated carbocycles. The van der Waals surface area contributed by atoms with Crippen molar-refractivity contribution in [3.05, 3.63) is 71.0 Å². The molecular formula is C22H27N3S. The van der Waals surface area contributed by atoms with E-state index in [0.29, 0.717) is 0 Å². The number of hydrogen-bond donors (Lipinski definition) is 1. The summed E-state index contributed by atoms with van der Waals surface area (Å²) in [7, 11) is 0. The van der Waals surface area contributed by atoms with Crippen LogP contribution in [0.25, 0.3) is 0 Å². The van der Waals surface area contributed by atoms with Gasteiger partial charge in [-0.3, -0.25) is 4.98 Å². The third kappa shape index (κ3) is 5.95. The van der Waals surface area contributed by atoms with E-state index in [2.05, 4.69) is 57.9 Å². The maximum atomic E-state index is 4.68. The Labute approximate surface area is 160 Å². The van der Waals surface area contributed by atoms with Crippen LogP contribution in [0, 0.1) is 0 Å². The lowest BCUT2D eigenvalue weighted by atomic mass is 10.1. The smallest absolute Gasteiger partial charge is 0.187 e. The fourth-order valence-electron chi connectivity index (χ4n) is 2.97. The van der Waals surface area contributed by atoms with E-state index in [1.807, 2.05) is 12.3 Å². The summed E-state index contributed by atoms with van der Waals surface area (Å²) in [5.41, 5.74) is 4.78. The van der Waals surface area contributed by atoms with Crippen molar-refractivity contribution in [2.75, 3.05) is 5.32 Å². The molecule has 0 amide bonds. The Kier molecular flexibility index (Phi) is 7.20. The van der Waals surface area contributed by atoms with E-state index in [4.69, 9.17) is 0 Å². The molecule has 1 N–H and O–H groups in total. The van der Waals surface area contributed by atoms with Crippen LogP contribution >= 0.6 is 11.3 Å². The quantitative estimate of drug-likeness (QED) is 0.423. The van der Waals surface area contributed by atoms with Gasteiger partial charge >= 0.3 is 0 Å². The van der Waals surface area contributed by atoms with E-state index in [0.717, 1.165) is 22.9 Å². The summed E-state index contributed by atoms with van der Waals surface area (Å²) in [5.74, 6) is 0. The molecule has 1 aromatic carbocycles. The Morgan fingerprint density at radius 3 is 2.58 bits per heavy atom. The number of nitrogens with one attached hydrogen (secondary N) is 1. The number of anilines is 2. The van der Waals surface area contributed by atoms with Crippen molar-refractivity contribution in [1.29, 1.82) is 0 Å².